The van der Waals surface area contributed by atoms with Crippen LogP contribution < -0.4 is 15.0 Å². The Bertz CT molecular complexity index is 1220. The number of nitrogens with one attached hydrogen (secondary N) is 1. The fraction of sp³-hybridized carbons (Fsp3) is 0.393. The van der Waals surface area contributed by atoms with Crippen molar-refractivity contribution in [2.75, 3.05) is 76.2 Å². The van der Waals surface area contributed by atoms with Gasteiger partial charge in [0.2, 0.25) is 5.91 Å². The molecule has 5 rings (SSSR count). The van der Waals surface area contributed by atoms with Crippen molar-refractivity contribution in [3.63, 3.8) is 0 Å². The van der Waals surface area contributed by atoms with E-state index in [1.165, 1.54) is 16.9 Å². The molecule has 0 radical (unpaired) electrons. The van der Waals surface area contributed by atoms with E-state index in [0.717, 1.165) is 29.7 Å². The minimum Gasteiger partial charge on any atom is -0.495 e. The molecule has 2 aliphatic rings. The first kappa shape index (κ1) is 26.0. The minimum atomic E-state index is -0.0487. The van der Waals surface area contributed by atoms with Gasteiger partial charge in [-0.05, 0) is 17.7 Å². The molecule has 3 aromatic rings. The van der Waals surface area contributed by atoms with E-state index >= 15 is 0 Å². The number of carbonyl (C=O) groups is 2. The van der Waals surface area contributed by atoms with Gasteiger partial charge in [-0.2, -0.15) is 0 Å². The van der Waals surface area contributed by atoms with Gasteiger partial charge >= 0.3 is 0 Å². The van der Waals surface area contributed by atoms with Gasteiger partial charge < -0.3 is 24.8 Å². The summed E-state index contributed by atoms with van der Waals surface area (Å²) in [6.07, 6.45) is 0. The van der Waals surface area contributed by atoms with Crippen LogP contribution in [0, 0.1) is 0 Å². The molecular weight excluding hydrogens is 500 g/mol. The van der Waals surface area contributed by atoms with Crippen LogP contribution in [0.4, 0.5) is 10.8 Å². The van der Waals surface area contributed by atoms with Gasteiger partial charge in [0, 0.05) is 64.3 Å². The molecule has 2 amide bonds. The molecule has 1 aromatic heterocycles. The van der Waals surface area contributed by atoms with Crippen molar-refractivity contribution in [2.24, 2.45) is 0 Å². The normalized spacial score (nSPS) is 16.4. The van der Waals surface area contributed by atoms with Crippen LogP contribution in [-0.4, -0.2) is 97.5 Å². The fourth-order valence-electron chi connectivity index (χ4n) is 4.88. The van der Waals surface area contributed by atoms with Crippen molar-refractivity contribution in [2.45, 2.75) is 6.54 Å². The van der Waals surface area contributed by atoms with E-state index in [9.17, 15) is 9.59 Å². The Hall–Kier alpha value is -3.63. The summed E-state index contributed by atoms with van der Waals surface area (Å²) in [6, 6.07) is 18.1. The van der Waals surface area contributed by atoms with Crippen LogP contribution in [0.3, 0.4) is 0 Å². The molecule has 0 saturated carbocycles. The molecule has 2 saturated heterocycles. The highest BCUT2D eigenvalue weighted by molar-refractivity contribution is 7.13. The van der Waals surface area contributed by atoms with Gasteiger partial charge in [0.25, 0.3) is 5.91 Å². The number of aromatic nitrogens is 1. The number of rotatable bonds is 8. The SMILES string of the molecule is COc1ccccc1N1CCN(C(=O)CN2CCN(C(=O)c3csc(NCc4ccccc4)n3)CC2)CC1. The van der Waals surface area contributed by atoms with Gasteiger partial charge in [0.15, 0.2) is 5.13 Å². The van der Waals surface area contributed by atoms with Crippen LogP contribution in [0.15, 0.2) is 60.0 Å². The zero-order chi connectivity index (χ0) is 26.3. The van der Waals surface area contributed by atoms with Crippen molar-refractivity contribution in [1.82, 2.24) is 19.7 Å². The van der Waals surface area contributed by atoms with Gasteiger partial charge in [-0.15, -0.1) is 11.3 Å². The molecule has 0 spiro atoms. The Kier molecular flexibility index (Phi) is 8.40. The van der Waals surface area contributed by atoms with Gasteiger partial charge in [0.1, 0.15) is 11.4 Å². The summed E-state index contributed by atoms with van der Waals surface area (Å²) in [5, 5.41) is 5.85. The maximum Gasteiger partial charge on any atom is 0.273 e. The topological polar surface area (TPSA) is 81.2 Å². The summed E-state index contributed by atoms with van der Waals surface area (Å²) >= 11 is 1.45. The van der Waals surface area contributed by atoms with E-state index in [0.29, 0.717) is 58.1 Å². The molecule has 0 aliphatic carbocycles. The van der Waals surface area contributed by atoms with E-state index in [1.54, 1.807) is 7.11 Å². The number of nitrogens with zero attached hydrogens (tertiary/aromatic N) is 5. The lowest BCUT2D eigenvalue weighted by molar-refractivity contribution is -0.133. The van der Waals surface area contributed by atoms with Gasteiger partial charge in [-0.3, -0.25) is 14.5 Å². The van der Waals surface area contributed by atoms with Crippen LogP contribution in [0.2, 0.25) is 0 Å². The highest BCUT2D eigenvalue weighted by Gasteiger charge is 2.28. The molecule has 3 heterocycles. The second-order valence-corrected chi connectivity index (χ2v) is 10.3. The number of thiazole rings is 1. The summed E-state index contributed by atoms with van der Waals surface area (Å²) < 4.78 is 5.49. The van der Waals surface area contributed by atoms with Crippen LogP contribution in [0.1, 0.15) is 16.1 Å². The Balaban J connectivity index is 1.05. The number of piperazine rings is 2. The highest BCUT2D eigenvalue weighted by Crippen LogP contribution is 2.28. The fourth-order valence-corrected chi connectivity index (χ4v) is 5.56. The third-order valence-corrected chi connectivity index (χ3v) is 7.89. The summed E-state index contributed by atoms with van der Waals surface area (Å²) in [5.74, 6) is 0.961. The van der Waals surface area contributed by atoms with Crippen molar-refractivity contribution in [3.8, 4) is 5.75 Å². The Morgan fingerprint density at radius 1 is 0.895 bits per heavy atom. The number of methoxy groups -OCH3 is 1. The molecule has 2 aromatic carbocycles. The maximum atomic E-state index is 13.0. The first-order chi connectivity index (χ1) is 18.6. The average Bonchev–Trinajstić information content (AvgIpc) is 3.46. The van der Waals surface area contributed by atoms with Crippen molar-refractivity contribution in [3.05, 3.63) is 71.2 Å². The average molecular weight is 535 g/mol. The molecule has 9 nitrogen and oxygen atoms in total. The number of anilines is 2. The number of para-hydroxylation sites is 2. The summed E-state index contributed by atoms with van der Waals surface area (Å²) in [7, 11) is 1.68. The molecule has 1 N–H and O–H groups in total. The van der Waals surface area contributed by atoms with E-state index in [1.807, 2.05) is 51.6 Å². The summed E-state index contributed by atoms with van der Waals surface area (Å²) in [4.78, 5) is 38.7. The first-order valence-corrected chi connectivity index (χ1v) is 13.9. The van der Waals surface area contributed by atoms with Gasteiger partial charge in [-0.25, -0.2) is 4.98 Å². The second kappa shape index (κ2) is 12.3. The second-order valence-electron chi connectivity index (χ2n) is 9.49. The number of ether oxygens (including phenoxy) is 1. The Morgan fingerprint density at radius 2 is 1.58 bits per heavy atom. The monoisotopic (exact) mass is 534 g/mol. The standard InChI is InChI=1S/C28H34N6O3S/c1-37-25-10-6-5-9-24(25)32-15-17-33(18-16-32)26(35)20-31-11-13-34(14-12-31)27(36)23-21-38-28(30-23)29-19-22-7-3-2-4-8-22/h2-10,21H,11-20H2,1H3,(H,29,30). The predicted octanol–water partition coefficient (Wildman–Crippen LogP) is 2.87. The first-order valence-electron chi connectivity index (χ1n) is 13.0. The predicted molar refractivity (Wildman–Crippen MR) is 150 cm³/mol. The number of carbonyl (C=O) groups excluding carboxylic acids is 2. The molecule has 2 aliphatic heterocycles. The smallest absolute Gasteiger partial charge is 0.273 e. The quantitative estimate of drug-likeness (QED) is 0.476. The Labute approximate surface area is 227 Å². The third-order valence-electron chi connectivity index (χ3n) is 7.09. The highest BCUT2D eigenvalue weighted by atomic mass is 32.1. The molecule has 200 valence electrons. The van der Waals surface area contributed by atoms with Crippen molar-refractivity contribution in [1.29, 1.82) is 0 Å². The number of benzene rings is 2. The summed E-state index contributed by atoms with van der Waals surface area (Å²) in [6.45, 7) is 6.57. The molecule has 0 unspecified atom stereocenters. The third kappa shape index (κ3) is 6.25. The van der Waals surface area contributed by atoms with Crippen LogP contribution in [-0.2, 0) is 11.3 Å². The molecule has 0 bridgehead atoms. The van der Waals surface area contributed by atoms with E-state index in [-0.39, 0.29) is 11.8 Å². The summed E-state index contributed by atoms with van der Waals surface area (Å²) in [5.41, 5.74) is 2.71. The lowest BCUT2D eigenvalue weighted by Gasteiger charge is -2.38. The van der Waals surface area contributed by atoms with Crippen LogP contribution in [0.25, 0.3) is 0 Å². The zero-order valence-corrected chi connectivity index (χ0v) is 22.5. The van der Waals surface area contributed by atoms with E-state index in [4.69, 9.17) is 4.74 Å². The maximum absolute atomic E-state index is 13.0. The van der Waals surface area contributed by atoms with Crippen LogP contribution in [0.5, 0.6) is 5.75 Å². The number of hydrogen-bond donors (Lipinski definition) is 1. The van der Waals surface area contributed by atoms with Gasteiger partial charge in [-0.1, -0.05) is 42.5 Å². The molecule has 38 heavy (non-hydrogen) atoms. The Morgan fingerprint density at radius 3 is 2.32 bits per heavy atom. The molecule has 0 atom stereocenters. The van der Waals surface area contributed by atoms with E-state index < -0.39 is 0 Å². The van der Waals surface area contributed by atoms with Crippen LogP contribution >= 0.6 is 11.3 Å². The minimum absolute atomic E-state index is 0.0487. The lowest BCUT2D eigenvalue weighted by Crippen LogP contribution is -2.54. The van der Waals surface area contributed by atoms with E-state index in [2.05, 4.69) is 38.3 Å². The van der Waals surface area contributed by atoms with Crippen molar-refractivity contribution < 1.29 is 14.3 Å². The lowest BCUT2D eigenvalue weighted by atomic mass is 10.2. The largest absolute Gasteiger partial charge is 0.495 e. The molecule has 2 fully saturated rings. The number of hydrogen-bond acceptors (Lipinski definition) is 8. The molecular formula is C28H34N6O3S. The van der Waals surface area contributed by atoms with Gasteiger partial charge in [0.05, 0.1) is 19.3 Å². The molecule has 10 heteroatoms. The zero-order valence-electron chi connectivity index (χ0n) is 21.7. The number of amides is 2. The van der Waals surface area contributed by atoms with Crippen molar-refractivity contribution >= 4 is 34.0 Å².